The fraction of sp³-hybridized carbons (Fsp3) is 0.364. The van der Waals surface area contributed by atoms with Crippen LogP contribution in [0.5, 0.6) is 0 Å². The number of halogens is 2. The van der Waals surface area contributed by atoms with Crippen LogP contribution in [-0.4, -0.2) is 25.2 Å². The fourth-order valence-electron chi connectivity index (χ4n) is 1.45. The molecule has 0 saturated carbocycles. The molecule has 0 aliphatic rings. The van der Waals surface area contributed by atoms with E-state index in [4.69, 9.17) is 32.4 Å². The van der Waals surface area contributed by atoms with Crippen molar-refractivity contribution in [2.75, 3.05) is 20.3 Å². The number of hydrogen-bond donors (Lipinski definition) is 1. The molecule has 1 heterocycles. The first-order valence-corrected chi connectivity index (χ1v) is 5.90. The van der Waals surface area contributed by atoms with Crippen LogP contribution >= 0.6 is 23.2 Å². The molecule has 0 aliphatic carbocycles. The van der Waals surface area contributed by atoms with Crippen LogP contribution in [0, 0.1) is 0 Å². The summed E-state index contributed by atoms with van der Waals surface area (Å²) in [5, 5.41) is 4.17. The summed E-state index contributed by atoms with van der Waals surface area (Å²) in [6, 6.07) is 3.36. The van der Waals surface area contributed by atoms with E-state index in [1.807, 2.05) is 0 Å². The molecule has 0 fully saturated rings. The minimum Gasteiger partial charge on any atom is -0.438 e. The highest BCUT2D eigenvalue weighted by Crippen LogP contribution is 2.28. The van der Waals surface area contributed by atoms with Crippen molar-refractivity contribution in [1.82, 2.24) is 10.3 Å². The molecule has 6 heteroatoms. The lowest BCUT2D eigenvalue weighted by Crippen LogP contribution is -2.18. The monoisotopic (exact) mass is 274 g/mol. The first-order chi connectivity index (χ1) is 8.20. The van der Waals surface area contributed by atoms with Crippen molar-refractivity contribution in [3.8, 4) is 0 Å². The Morgan fingerprint density at radius 1 is 1.41 bits per heavy atom. The van der Waals surface area contributed by atoms with Crippen LogP contribution in [0.4, 0.5) is 0 Å². The summed E-state index contributed by atoms with van der Waals surface area (Å²) in [5.74, 6) is 0.584. The Morgan fingerprint density at radius 3 is 3.00 bits per heavy atom. The summed E-state index contributed by atoms with van der Waals surface area (Å²) >= 11 is 11.9. The third-order valence-electron chi connectivity index (χ3n) is 2.21. The van der Waals surface area contributed by atoms with Gasteiger partial charge in [0, 0.05) is 18.7 Å². The molecule has 2 rings (SSSR count). The zero-order valence-corrected chi connectivity index (χ0v) is 10.8. The van der Waals surface area contributed by atoms with E-state index in [-0.39, 0.29) is 0 Å². The first kappa shape index (κ1) is 12.6. The number of nitrogens with zero attached hydrogens (tertiary/aromatic N) is 1. The zero-order chi connectivity index (χ0) is 12.3. The van der Waals surface area contributed by atoms with Crippen LogP contribution < -0.4 is 5.32 Å². The second-order valence-electron chi connectivity index (χ2n) is 3.51. The molecular weight excluding hydrogens is 263 g/mol. The van der Waals surface area contributed by atoms with Crippen LogP contribution in [-0.2, 0) is 11.3 Å². The molecule has 0 atom stereocenters. The van der Waals surface area contributed by atoms with Gasteiger partial charge < -0.3 is 14.5 Å². The van der Waals surface area contributed by atoms with Gasteiger partial charge in [-0.1, -0.05) is 23.2 Å². The number of hydrogen-bond acceptors (Lipinski definition) is 4. The van der Waals surface area contributed by atoms with Gasteiger partial charge in [0.1, 0.15) is 5.52 Å². The molecule has 0 amide bonds. The molecule has 0 aliphatic heterocycles. The maximum Gasteiger partial charge on any atom is 0.209 e. The van der Waals surface area contributed by atoms with Crippen molar-refractivity contribution in [2.45, 2.75) is 6.54 Å². The SMILES string of the molecule is COCCNCc1nc2cc(Cl)cc(Cl)c2o1. The Hall–Kier alpha value is -0.810. The van der Waals surface area contributed by atoms with Crippen LogP contribution in [0.1, 0.15) is 5.89 Å². The summed E-state index contributed by atoms with van der Waals surface area (Å²) in [6.07, 6.45) is 0. The summed E-state index contributed by atoms with van der Waals surface area (Å²) < 4.78 is 10.5. The number of ether oxygens (including phenoxy) is 1. The molecular formula is C11H12Cl2N2O2. The van der Waals surface area contributed by atoms with Gasteiger partial charge in [0.2, 0.25) is 5.89 Å². The Morgan fingerprint density at radius 2 is 2.24 bits per heavy atom. The average Bonchev–Trinajstić information content (AvgIpc) is 2.67. The van der Waals surface area contributed by atoms with Crippen LogP contribution in [0.25, 0.3) is 11.1 Å². The Balaban J connectivity index is 2.12. The lowest BCUT2D eigenvalue weighted by molar-refractivity contribution is 0.198. The zero-order valence-electron chi connectivity index (χ0n) is 9.30. The molecule has 0 radical (unpaired) electrons. The van der Waals surface area contributed by atoms with Gasteiger partial charge in [-0.25, -0.2) is 4.98 Å². The fourth-order valence-corrected chi connectivity index (χ4v) is 1.97. The van der Waals surface area contributed by atoms with E-state index in [1.165, 1.54) is 0 Å². The molecule has 2 aromatic rings. The van der Waals surface area contributed by atoms with E-state index < -0.39 is 0 Å². The number of oxazole rings is 1. The number of methoxy groups -OCH3 is 1. The molecule has 0 bridgehead atoms. The minimum atomic E-state index is 0.475. The molecule has 0 unspecified atom stereocenters. The predicted molar refractivity (Wildman–Crippen MR) is 67.6 cm³/mol. The van der Waals surface area contributed by atoms with Gasteiger partial charge >= 0.3 is 0 Å². The Bertz CT molecular complexity index is 513. The molecule has 17 heavy (non-hydrogen) atoms. The highest BCUT2D eigenvalue weighted by Gasteiger charge is 2.09. The number of rotatable bonds is 5. The second-order valence-corrected chi connectivity index (χ2v) is 4.36. The van der Waals surface area contributed by atoms with Gasteiger partial charge in [-0.3, -0.25) is 0 Å². The summed E-state index contributed by atoms with van der Waals surface area (Å²) in [5.41, 5.74) is 1.24. The van der Waals surface area contributed by atoms with Crippen molar-refractivity contribution >= 4 is 34.3 Å². The molecule has 1 aromatic heterocycles. The highest BCUT2D eigenvalue weighted by atomic mass is 35.5. The maximum atomic E-state index is 6.00. The topological polar surface area (TPSA) is 47.3 Å². The van der Waals surface area contributed by atoms with E-state index in [0.717, 1.165) is 6.54 Å². The van der Waals surface area contributed by atoms with E-state index in [0.29, 0.717) is 40.2 Å². The number of aromatic nitrogens is 1. The molecule has 0 spiro atoms. The standard InChI is InChI=1S/C11H12Cl2N2O2/c1-16-3-2-14-6-10-15-9-5-7(12)4-8(13)11(9)17-10/h4-5,14H,2-3,6H2,1H3. The normalized spacial score (nSPS) is 11.2. The van der Waals surface area contributed by atoms with Crippen LogP contribution in [0.3, 0.4) is 0 Å². The summed E-state index contributed by atoms with van der Waals surface area (Å²) in [6.45, 7) is 1.92. The molecule has 1 N–H and O–H groups in total. The summed E-state index contributed by atoms with van der Waals surface area (Å²) in [4.78, 5) is 4.29. The van der Waals surface area contributed by atoms with Crippen LogP contribution in [0.15, 0.2) is 16.5 Å². The Kier molecular flexibility index (Phi) is 4.23. The van der Waals surface area contributed by atoms with Gasteiger partial charge in [0.15, 0.2) is 5.58 Å². The third kappa shape index (κ3) is 3.10. The van der Waals surface area contributed by atoms with Crippen molar-refractivity contribution in [2.24, 2.45) is 0 Å². The van der Waals surface area contributed by atoms with Gasteiger partial charge in [0.25, 0.3) is 0 Å². The lowest BCUT2D eigenvalue weighted by Gasteiger charge is -1.99. The van der Waals surface area contributed by atoms with E-state index in [1.54, 1.807) is 19.2 Å². The number of benzene rings is 1. The van der Waals surface area contributed by atoms with Gasteiger partial charge in [-0.2, -0.15) is 0 Å². The second kappa shape index (κ2) is 5.69. The van der Waals surface area contributed by atoms with Crippen LogP contribution in [0.2, 0.25) is 10.0 Å². The van der Waals surface area contributed by atoms with Crippen molar-refractivity contribution in [1.29, 1.82) is 0 Å². The van der Waals surface area contributed by atoms with E-state index >= 15 is 0 Å². The van der Waals surface area contributed by atoms with Gasteiger partial charge in [0.05, 0.1) is 18.2 Å². The molecule has 4 nitrogen and oxygen atoms in total. The predicted octanol–water partition coefficient (Wildman–Crippen LogP) is 2.87. The smallest absolute Gasteiger partial charge is 0.209 e. The van der Waals surface area contributed by atoms with Gasteiger partial charge in [-0.05, 0) is 12.1 Å². The molecule has 92 valence electrons. The first-order valence-electron chi connectivity index (χ1n) is 5.15. The number of fused-ring (bicyclic) bond motifs is 1. The lowest BCUT2D eigenvalue weighted by atomic mass is 10.3. The molecule has 1 aromatic carbocycles. The number of nitrogens with one attached hydrogen (secondary N) is 1. The Labute approximate surface area is 109 Å². The van der Waals surface area contributed by atoms with Crippen molar-refractivity contribution in [3.05, 3.63) is 28.1 Å². The summed E-state index contributed by atoms with van der Waals surface area (Å²) in [7, 11) is 1.66. The van der Waals surface area contributed by atoms with E-state index in [9.17, 15) is 0 Å². The molecule has 0 saturated heterocycles. The quantitative estimate of drug-likeness (QED) is 0.852. The average molecular weight is 275 g/mol. The van der Waals surface area contributed by atoms with E-state index in [2.05, 4.69) is 10.3 Å². The van der Waals surface area contributed by atoms with Crippen molar-refractivity contribution in [3.63, 3.8) is 0 Å². The minimum absolute atomic E-state index is 0.475. The van der Waals surface area contributed by atoms with Gasteiger partial charge in [-0.15, -0.1) is 0 Å². The maximum absolute atomic E-state index is 6.00. The third-order valence-corrected chi connectivity index (χ3v) is 2.71. The largest absolute Gasteiger partial charge is 0.438 e. The van der Waals surface area contributed by atoms with Crippen molar-refractivity contribution < 1.29 is 9.15 Å². The highest BCUT2D eigenvalue weighted by molar-refractivity contribution is 6.37.